The van der Waals surface area contributed by atoms with E-state index >= 15 is 0 Å². The van der Waals surface area contributed by atoms with Gasteiger partial charge >= 0.3 is 0 Å². The van der Waals surface area contributed by atoms with Crippen molar-refractivity contribution in [2.75, 3.05) is 47.4 Å². The van der Waals surface area contributed by atoms with Crippen LogP contribution in [0.4, 0.5) is 0 Å². The van der Waals surface area contributed by atoms with E-state index in [9.17, 15) is 14.3 Å². The number of quaternary nitrogens is 1. The minimum Gasteiger partial charge on any atom is -0.756 e. The fourth-order valence-electron chi connectivity index (χ4n) is 1.61. The molecule has 1 atom stereocenters. The molecule has 0 fully saturated rings. The van der Waals surface area contributed by atoms with Crippen molar-refractivity contribution in [2.45, 2.75) is 19.8 Å². The molecular formula is C11H25N2O5P. The zero-order valence-electron chi connectivity index (χ0n) is 12.2. The highest BCUT2D eigenvalue weighted by atomic mass is 31.2. The lowest BCUT2D eigenvalue weighted by atomic mass is 10.3. The summed E-state index contributed by atoms with van der Waals surface area (Å²) in [5.41, 5.74) is 0. The van der Waals surface area contributed by atoms with Crippen molar-refractivity contribution in [1.29, 1.82) is 0 Å². The van der Waals surface area contributed by atoms with Gasteiger partial charge in [-0.3, -0.25) is 9.36 Å². The molecule has 7 nitrogen and oxygen atoms in total. The molecule has 0 aromatic heterocycles. The molecule has 0 saturated heterocycles. The van der Waals surface area contributed by atoms with E-state index in [4.69, 9.17) is 0 Å². The standard InChI is InChI=1S/C11H25N2O5P/c1-5-8-13(2,3)9-6-11(14)12-7-10-18-19(15,16)17-4/h5-10H2,1-4H3,(H-,12,14,15,16). The van der Waals surface area contributed by atoms with Crippen molar-refractivity contribution in [2.24, 2.45) is 0 Å². The van der Waals surface area contributed by atoms with Gasteiger partial charge in [0.05, 0.1) is 40.2 Å². The summed E-state index contributed by atoms with van der Waals surface area (Å²) in [4.78, 5) is 22.4. The van der Waals surface area contributed by atoms with E-state index in [1.807, 2.05) is 0 Å². The summed E-state index contributed by atoms with van der Waals surface area (Å²) < 4.78 is 20.2. The van der Waals surface area contributed by atoms with E-state index in [0.29, 0.717) is 6.42 Å². The van der Waals surface area contributed by atoms with Crippen LogP contribution in [-0.4, -0.2) is 57.8 Å². The highest BCUT2D eigenvalue weighted by Gasteiger charge is 2.15. The number of carbonyl (C=O) groups excluding carboxylic acids is 1. The Labute approximate surface area is 115 Å². The highest BCUT2D eigenvalue weighted by molar-refractivity contribution is 7.45. The Hall–Kier alpha value is -0.460. The van der Waals surface area contributed by atoms with Gasteiger partial charge in [0.25, 0.3) is 7.82 Å². The van der Waals surface area contributed by atoms with E-state index in [1.165, 1.54) is 0 Å². The lowest BCUT2D eigenvalue weighted by Crippen LogP contribution is -2.43. The molecule has 1 unspecified atom stereocenters. The Bertz CT molecular complexity index is 322. The number of phosphoric ester groups is 1. The van der Waals surface area contributed by atoms with Gasteiger partial charge in [-0.1, -0.05) is 6.92 Å². The molecule has 0 spiro atoms. The second kappa shape index (κ2) is 8.66. The molecule has 19 heavy (non-hydrogen) atoms. The number of phosphoric acid groups is 1. The van der Waals surface area contributed by atoms with E-state index < -0.39 is 7.82 Å². The van der Waals surface area contributed by atoms with Crippen LogP contribution < -0.4 is 10.2 Å². The summed E-state index contributed by atoms with van der Waals surface area (Å²) in [6.07, 6.45) is 1.48. The topological polar surface area (TPSA) is 87.7 Å². The van der Waals surface area contributed by atoms with Crippen molar-refractivity contribution >= 4 is 13.7 Å². The molecule has 0 saturated carbocycles. The molecule has 0 aliphatic carbocycles. The van der Waals surface area contributed by atoms with Crippen LogP contribution in [-0.2, 0) is 18.4 Å². The maximum Gasteiger partial charge on any atom is 0.267 e. The first-order chi connectivity index (χ1) is 8.72. The minimum absolute atomic E-state index is 0.107. The number of amides is 1. The Morgan fingerprint density at radius 2 is 2.00 bits per heavy atom. The molecule has 0 rings (SSSR count). The maximum absolute atomic E-state index is 11.5. The monoisotopic (exact) mass is 296 g/mol. The van der Waals surface area contributed by atoms with Crippen molar-refractivity contribution in [1.82, 2.24) is 5.32 Å². The quantitative estimate of drug-likeness (QED) is 0.351. The van der Waals surface area contributed by atoms with Gasteiger partial charge in [-0.2, -0.15) is 0 Å². The number of nitrogens with zero attached hydrogens (tertiary/aromatic N) is 1. The van der Waals surface area contributed by atoms with Gasteiger partial charge in [0.2, 0.25) is 5.91 Å². The first-order valence-electron chi connectivity index (χ1n) is 6.32. The lowest BCUT2D eigenvalue weighted by Gasteiger charge is -2.29. The van der Waals surface area contributed by atoms with Crippen molar-refractivity contribution in [3.8, 4) is 0 Å². The van der Waals surface area contributed by atoms with Crippen LogP contribution in [0.2, 0.25) is 0 Å². The summed E-state index contributed by atoms with van der Waals surface area (Å²) in [5.74, 6) is -0.107. The van der Waals surface area contributed by atoms with E-state index in [-0.39, 0.29) is 19.1 Å². The summed E-state index contributed by atoms with van der Waals surface area (Å²) in [5, 5.41) is 2.60. The molecular weight excluding hydrogens is 271 g/mol. The molecule has 0 aliphatic heterocycles. The van der Waals surface area contributed by atoms with E-state index in [2.05, 4.69) is 35.4 Å². The van der Waals surface area contributed by atoms with Crippen LogP contribution in [0, 0.1) is 0 Å². The van der Waals surface area contributed by atoms with Crippen molar-refractivity contribution in [3.63, 3.8) is 0 Å². The fraction of sp³-hybridized carbons (Fsp3) is 0.909. The van der Waals surface area contributed by atoms with Gasteiger partial charge < -0.3 is 23.7 Å². The SMILES string of the molecule is CCC[N+](C)(C)CCC(=O)NCCOP(=O)([O-])OC. The normalized spacial score (nSPS) is 15.0. The van der Waals surface area contributed by atoms with Crippen LogP contribution in [0.25, 0.3) is 0 Å². The molecule has 0 aliphatic rings. The molecule has 114 valence electrons. The zero-order valence-corrected chi connectivity index (χ0v) is 13.1. The molecule has 0 radical (unpaired) electrons. The molecule has 1 amide bonds. The summed E-state index contributed by atoms with van der Waals surface area (Å²) in [6.45, 7) is 3.90. The predicted octanol–water partition coefficient (Wildman–Crippen LogP) is 0.111. The Kier molecular flexibility index (Phi) is 8.45. The molecule has 1 N–H and O–H groups in total. The molecule has 0 aromatic rings. The smallest absolute Gasteiger partial charge is 0.267 e. The third-order valence-electron chi connectivity index (χ3n) is 2.67. The van der Waals surface area contributed by atoms with Crippen LogP contribution in [0.5, 0.6) is 0 Å². The Balaban J connectivity index is 3.74. The first kappa shape index (κ1) is 18.5. The van der Waals surface area contributed by atoms with E-state index in [1.54, 1.807) is 0 Å². The van der Waals surface area contributed by atoms with E-state index in [0.717, 1.165) is 31.1 Å². The number of carbonyl (C=O) groups is 1. The maximum atomic E-state index is 11.5. The molecule has 0 heterocycles. The number of hydrogen-bond donors (Lipinski definition) is 1. The Morgan fingerprint density at radius 1 is 1.37 bits per heavy atom. The van der Waals surface area contributed by atoms with Gasteiger partial charge in [-0.15, -0.1) is 0 Å². The van der Waals surface area contributed by atoms with Crippen LogP contribution in [0.15, 0.2) is 0 Å². The molecule has 8 heteroatoms. The predicted molar refractivity (Wildman–Crippen MR) is 70.3 cm³/mol. The average Bonchev–Trinajstić information content (AvgIpc) is 2.32. The average molecular weight is 296 g/mol. The van der Waals surface area contributed by atoms with Gasteiger partial charge in [0, 0.05) is 13.7 Å². The third-order valence-corrected chi connectivity index (χ3v) is 3.62. The Morgan fingerprint density at radius 3 is 2.53 bits per heavy atom. The van der Waals surface area contributed by atoms with Crippen LogP contribution in [0.3, 0.4) is 0 Å². The third kappa shape index (κ3) is 10.0. The van der Waals surface area contributed by atoms with Crippen LogP contribution >= 0.6 is 7.82 Å². The largest absolute Gasteiger partial charge is 0.756 e. The second-order valence-electron chi connectivity index (χ2n) is 4.95. The molecule has 0 aromatic carbocycles. The number of rotatable bonds is 10. The van der Waals surface area contributed by atoms with Gasteiger partial charge in [-0.25, -0.2) is 0 Å². The van der Waals surface area contributed by atoms with Gasteiger partial charge in [0.15, 0.2) is 0 Å². The van der Waals surface area contributed by atoms with Crippen molar-refractivity contribution < 1.29 is 27.8 Å². The minimum atomic E-state index is -4.19. The van der Waals surface area contributed by atoms with Gasteiger partial charge in [-0.05, 0) is 6.42 Å². The molecule has 0 bridgehead atoms. The summed E-state index contributed by atoms with van der Waals surface area (Å²) >= 11 is 0. The highest BCUT2D eigenvalue weighted by Crippen LogP contribution is 2.36. The first-order valence-corrected chi connectivity index (χ1v) is 7.78. The lowest BCUT2D eigenvalue weighted by molar-refractivity contribution is -0.889. The van der Waals surface area contributed by atoms with Gasteiger partial charge in [0.1, 0.15) is 0 Å². The fourth-order valence-corrected chi connectivity index (χ4v) is 2.03. The summed E-state index contributed by atoms with van der Waals surface area (Å²) in [6, 6.07) is 0. The zero-order chi connectivity index (χ0) is 14.9. The second-order valence-corrected chi connectivity index (χ2v) is 6.46. The summed E-state index contributed by atoms with van der Waals surface area (Å²) in [7, 11) is 0.990. The van der Waals surface area contributed by atoms with Crippen LogP contribution in [0.1, 0.15) is 19.8 Å². The van der Waals surface area contributed by atoms with Crippen molar-refractivity contribution in [3.05, 3.63) is 0 Å². The number of nitrogens with one attached hydrogen (secondary N) is 1. The number of hydrogen-bond acceptors (Lipinski definition) is 5.